The third kappa shape index (κ3) is 6.01. The van der Waals surface area contributed by atoms with Gasteiger partial charge in [0.2, 0.25) is 6.29 Å². The number of methoxy groups -OCH3 is 1. The molecule has 1 saturated heterocycles. The minimum Gasteiger partial charge on any atom is -0.504 e. The van der Waals surface area contributed by atoms with Gasteiger partial charge in [0.1, 0.15) is 36.8 Å². The highest BCUT2D eigenvalue weighted by Gasteiger charge is 2.44. The third-order valence-corrected chi connectivity index (χ3v) is 5.03. The number of para-hydroxylation sites is 1. The molecule has 0 spiro atoms. The molecule has 5 atom stereocenters. The Morgan fingerprint density at radius 1 is 1.06 bits per heavy atom. The Bertz CT molecular complexity index is 973. The number of hydrogen-bond acceptors (Lipinski definition) is 10. The van der Waals surface area contributed by atoms with Crippen LogP contribution in [0.4, 0.5) is 0 Å². The van der Waals surface area contributed by atoms with Crippen molar-refractivity contribution in [3.63, 3.8) is 0 Å². The lowest BCUT2D eigenvalue weighted by Crippen LogP contribution is -2.60. The van der Waals surface area contributed by atoms with E-state index in [1.54, 1.807) is 18.2 Å². The highest BCUT2D eigenvalue weighted by Crippen LogP contribution is 2.31. The minimum absolute atomic E-state index is 0.0783. The van der Waals surface area contributed by atoms with Gasteiger partial charge in [-0.1, -0.05) is 24.3 Å². The molecular weight excluding hydrogens is 436 g/mol. The topological polar surface area (TPSA) is 155 Å². The predicted octanol–water partition coefficient (Wildman–Crippen LogP) is 0.336. The van der Waals surface area contributed by atoms with Crippen molar-refractivity contribution < 1.29 is 49.3 Å². The van der Waals surface area contributed by atoms with E-state index in [1.807, 2.05) is 12.1 Å². The van der Waals surface area contributed by atoms with Gasteiger partial charge in [-0.25, -0.2) is 4.79 Å². The van der Waals surface area contributed by atoms with Gasteiger partial charge in [-0.05, 0) is 29.8 Å². The molecule has 1 aliphatic heterocycles. The molecule has 2 aromatic rings. The predicted molar refractivity (Wildman–Crippen MR) is 114 cm³/mol. The van der Waals surface area contributed by atoms with E-state index in [-0.39, 0.29) is 18.1 Å². The smallest absolute Gasteiger partial charge is 0.331 e. The number of aliphatic hydroxyl groups excluding tert-OH is 4. The van der Waals surface area contributed by atoms with Crippen LogP contribution >= 0.6 is 0 Å². The van der Waals surface area contributed by atoms with Crippen molar-refractivity contribution in [3.05, 3.63) is 59.7 Å². The van der Waals surface area contributed by atoms with Gasteiger partial charge in [0.25, 0.3) is 0 Å². The van der Waals surface area contributed by atoms with Crippen molar-refractivity contribution in [3.8, 4) is 17.2 Å². The number of benzene rings is 2. The Morgan fingerprint density at radius 3 is 2.52 bits per heavy atom. The monoisotopic (exact) mass is 462 g/mol. The van der Waals surface area contributed by atoms with Crippen molar-refractivity contribution in [1.82, 2.24) is 0 Å². The zero-order chi connectivity index (χ0) is 24.0. The van der Waals surface area contributed by atoms with Crippen LogP contribution in [0.2, 0.25) is 0 Å². The first-order chi connectivity index (χ1) is 15.8. The minimum atomic E-state index is -1.61. The van der Waals surface area contributed by atoms with Gasteiger partial charge in [-0.2, -0.15) is 0 Å². The molecule has 0 amide bonds. The highest BCUT2D eigenvalue weighted by molar-refractivity contribution is 5.87. The van der Waals surface area contributed by atoms with Crippen molar-refractivity contribution in [1.29, 1.82) is 0 Å². The van der Waals surface area contributed by atoms with Crippen molar-refractivity contribution in [2.45, 2.75) is 37.3 Å². The molecule has 178 valence electrons. The number of hydrogen-bond donors (Lipinski definition) is 5. The fourth-order valence-electron chi connectivity index (χ4n) is 3.21. The second-order valence-electron chi connectivity index (χ2n) is 7.30. The zero-order valence-electron chi connectivity index (χ0n) is 17.8. The Balaban J connectivity index is 1.58. The summed E-state index contributed by atoms with van der Waals surface area (Å²) in [6, 6.07) is 11.4. The van der Waals surface area contributed by atoms with Crippen molar-refractivity contribution in [2.75, 3.05) is 13.7 Å². The van der Waals surface area contributed by atoms with E-state index >= 15 is 0 Å². The molecular formula is C23H26O10. The molecule has 33 heavy (non-hydrogen) atoms. The van der Waals surface area contributed by atoms with Crippen LogP contribution in [-0.4, -0.2) is 75.9 Å². The molecule has 10 heteroatoms. The summed E-state index contributed by atoms with van der Waals surface area (Å²) in [5, 5.41) is 49.2. The lowest BCUT2D eigenvalue weighted by atomic mass is 9.99. The molecule has 1 heterocycles. The third-order valence-electron chi connectivity index (χ3n) is 5.03. The fraction of sp³-hybridized carbons (Fsp3) is 0.348. The SMILES string of the molecule is COc1ccccc1/C=C/C(=O)OCc1ccc(O[C@@H]2O[C@H](CO)[C@@H](O)[C@H](O)[C@H]2O)c(O)c1. The summed E-state index contributed by atoms with van der Waals surface area (Å²) < 4.78 is 21.0. The van der Waals surface area contributed by atoms with Crippen LogP contribution in [0.3, 0.4) is 0 Å². The molecule has 1 fully saturated rings. The van der Waals surface area contributed by atoms with Gasteiger partial charge >= 0.3 is 5.97 Å². The van der Waals surface area contributed by atoms with Crippen LogP contribution in [0.1, 0.15) is 11.1 Å². The van der Waals surface area contributed by atoms with Crippen molar-refractivity contribution >= 4 is 12.0 Å². The molecule has 0 radical (unpaired) electrons. The fourth-order valence-corrected chi connectivity index (χ4v) is 3.21. The van der Waals surface area contributed by atoms with E-state index in [4.69, 9.17) is 18.9 Å². The summed E-state index contributed by atoms with van der Waals surface area (Å²) in [5.74, 6) is -0.390. The summed E-state index contributed by atoms with van der Waals surface area (Å²) in [7, 11) is 1.53. The normalized spacial score (nSPS) is 25.1. The summed E-state index contributed by atoms with van der Waals surface area (Å²) in [6.07, 6.45) is -4.49. The zero-order valence-corrected chi connectivity index (χ0v) is 17.8. The molecule has 1 aliphatic rings. The highest BCUT2D eigenvalue weighted by atomic mass is 16.7. The number of carbonyl (C=O) groups excluding carboxylic acids is 1. The number of aromatic hydroxyl groups is 1. The average molecular weight is 462 g/mol. The van der Waals surface area contributed by atoms with Crippen LogP contribution in [0.5, 0.6) is 17.2 Å². The van der Waals surface area contributed by atoms with E-state index in [0.29, 0.717) is 16.9 Å². The first-order valence-electron chi connectivity index (χ1n) is 10.1. The number of rotatable bonds is 8. The van der Waals surface area contributed by atoms with E-state index in [9.17, 15) is 30.3 Å². The Hall–Kier alpha value is -3.15. The largest absolute Gasteiger partial charge is 0.504 e. The van der Waals surface area contributed by atoms with Crippen LogP contribution in [0.25, 0.3) is 6.08 Å². The Kier molecular flexibility index (Phi) is 8.26. The molecule has 2 aromatic carbocycles. The standard InChI is InChI=1S/C23H26O10/c1-30-16-5-3-2-4-14(16)7-9-19(26)31-12-13-6-8-17(15(25)10-13)32-23-22(29)21(28)20(27)18(11-24)33-23/h2-10,18,20-25,27-29H,11-12H2,1H3/b9-7+/t18-,20-,21+,22-,23-/m1/s1. The maximum atomic E-state index is 12.0. The lowest BCUT2D eigenvalue weighted by Gasteiger charge is -2.39. The number of carbonyl (C=O) groups is 1. The van der Waals surface area contributed by atoms with Crippen LogP contribution < -0.4 is 9.47 Å². The summed E-state index contributed by atoms with van der Waals surface area (Å²) in [6.45, 7) is -0.727. The van der Waals surface area contributed by atoms with Gasteiger partial charge in [0.05, 0.1) is 13.7 Å². The maximum absolute atomic E-state index is 12.0. The Labute approximate surface area is 189 Å². The first-order valence-corrected chi connectivity index (χ1v) is 10.1. The maximum Gasteiger partial charge on any atom is 0.331 e. The van der Waals surface area contributed by atoms with Gasteiger partial charge < -0.3 is 44.5 Å². The van der Waals surface area contributed by atoms with E-state index in [1.165, 1.54) is 31.4 Å². The summed E-state index contributed by atoms with van der Waals surface area (Å²) >= 11 is 0. The quantitative estimate of drug-likeness (QED) is 0.274. The van der Waals surface area contributed by atoms with Gasteiger partial charge in [-0.15, -0.1) is 0 Å². The molecule has 0 aliphatic carbocycles. The summed E-state index contributed by atoms with van der Waals surface area (Å²) in [4.78, 5) is 12.0. The molecule has 10 nitrogen and oxygen atoms in total. The molecule has 3 rings (SSSR count). The van der Waals surface area contributed by atoms with E-state index in [0.717, 1.165) is 0 Å². The van der Waals surface area contributed by atoms with E-state index < -0.39 is 43.3 Å². The summed E-state index contributed by atoms with van der Waals surface area (Å²) in [5.41, 5.74) is 1.18. The number of esters is 1. The molecule has 0 bridgehead atoms. The molecule has 0 saturated carbocycles. The lowest BCUT2D eigenvalue weighted by molar-refractivity contribution is -0.277. The second-order valence-corrected chi connectivity index (χ2v) is 7.30. The number of ether oxygens (including phenoxy) is 4. The van der Waals surface area contributed by atoms with E-state index in [2.05, 4.69) is 0 Å². The van der Waals surface area contributed by atoms with Gasteiger partial charge in [-0.3, -0.25) is 0 Å². The average Bonchev–Trinajstić information content (AvgIpc) is 2.83. The van der Waals surface area contributed by atoms with Crippen molar-refractivity contribution in [2.24, 2.45) is 0 Å². The molecule has 5 N–H and O–H groups in total. The molecule has 0 unspecified atom stereocenters. The van der Waals surface area contributed by atoms with Gasteiger partial charge in [0.15, 0.2) is 11.5 Å². The Morgan fingerprint density at radius 2 is 1.82 bits per heavy atom. The van der Waals surface area contributed by atoms with Gasteiger partial charge in [0, 0.05) is 11.6 Å². The van der Waals surface area contributed by atoms with Crippen LogP contribution in [-0.2, 0) is 20.9 Å². The number of phenolic OH excluding ortho intramolecular Hbond substituents is 1. The van der Waals surface area contributed by atoms with Crippen LogP contribution in [0.15, 0.2) is 48.5 Å². The van der Waals surface area contributed by atoms with Crippen LogP contribution in [0, 0.1) is 0 Å². The first kappa shape index (κ1) is 24.5. The number of phenols is 1. The molecule has 0 aromatic heterocycles. The second kappa shape index (κ2) is 11.1. The number of aliphatic hydroxyl groups is 4.